The first-order valence-electron chi connectivity index (χ1n) is 10.8. The second-order valence-corrected chi connectivity index (χ2v) is 8.26. The van der Waals surface area contributed by atoms with Gasteiger partial charge in [0.2, 0.25) is 5.95 Å². The predicted octanol–water partition coefficient (Wildman–Crippen LogP) is 2.76. The van der Waals surface area contributed by atoms with Gasteiger partial charge < -0.3 is 30.5 Å². The van der Waals surface area contributed by atoms with E-state index in [9.17, 15) is 0 Å². The molecule has 3 N–H and O–H groups in total. The number of nitrogens with two attached hydrogens (primary N) is 1. The van der Waals surface area contributed by atoms with Gasteiger partial charge in [-0.2, -0.15) is 4.98 Å². The average Bonchev–Trinajstić information content (AvgIpc) is 2.82. The third kappa shape index (κ3) is 4.11. The second kappa shape index (κ2) is 8.51. The first-order valence-corrected chi connectivity index (χ1v) is 10.8. The molecule has 4 heterocycles. The molecule has 3 aromatic rings. The van der Waals surface area contributed by atoms with Gasteiger partial charge in [0.1, 0.15) is 11.6 Å². The Morgan fingerprint density at radius 3 is 2.66 bits per heavy atom. The van der Waals surface area contributed by atoms with E-state index in [1.54, 1.807) is 0 Å². The number of hydrogen-bond acceptors (Lipinski definition) is 9. The van der Waals surface area contributed by atoms with Crippen LogP contribution in [-0.2, 0) is 11.3 Å². The van der Waals surface area contributed by atoms with Gasteiger partial charge in [-0.3, -0.25) is 0 Å². The summed E-state index contributed by atoms with van der Waals surface area (Å²) in [6, 6.07) is 10.0. The summed E-state index contributed by atoms with van der Waals surface area (Å²) in [6.07, 6.45) is 3.71. The molecule has 1 aromatic carbocycles. The Bertz CT molecular complexity index is 1100. The number of nitrogen functional groups attached to an aromatic ring is 1. The molecular weight excluding hydrogens is 404 g/mol. The minimum atomic E-state index is 0.560. The molecular formula is C23H28N8O. The molecule has 2 aliphatic heterocycles. The van der Waals surface area contributed by atoms with Crippen LogP contribution < -0.4 is 25.8 Å². The second-order valence-electron chi connectivity index (χ2n) is 8.26. The monoisotopic (exact) mass is 432 g/mol. The van der Waals surface area contributed by atoms with Gasteiger partial charge in [-0.25, -0.2) is 9.97 Å². The normalized spacial score (nSPS) is 16.1. The molecule has 5 rings (SSSR count). The van der Waals surface area contributed by atoms with Crippen LogP contribution in [-0.4, -0.2) is 55.0 Å². The van der Waals surface area contributed by atoms with E-state index in [-0.39, 0.29) is 0 Å². The van der Waals surface area contributed by atoms with Crippen LogP contribution in [0, 0.1) is 6.92 Å². The van der Waals surface area contributed by atoms with E-state index >= 15 is 0 Å². The molecule has 2 aromatic heterocycles. The molecule has 9 nitrogen and oxygen atoms in total. The molecule has 0 atom stereocenters. The summed E-state index contributed by atoms with van der Waals surface area (Å²) >= 11 is 0. The molecule has 2 aliphatic rings. The first-order chi connectivity index (χ1) is 15.6. The van der Waals surface area contributed by atoms with Crippen molar-refractivity contribution in [3.05, 3.63) is 53.9 Å². The molecule has 0 saturated carbocycles. The maximum Gasteiger partial charge on any atom is 0.229 e. The van der Waals surface area contributed by atoms with E-state index in [0.29, 0.717) is 5.95 Å². The van der Waals surface area contributed by atoms with Crippen LogP contribution in [0.25, 0.3) is 0 Å². The number of ether oxygens (including phenoxy) is 1. The fourth-order valence-electron chi connectivity index (χ4n) is 4.18. The van der Waals surface area contributed by atoms with Gasteiger partial charge in [-0.15, -0.1) is 0 Å². The maximum atomic E-state index is 6.02. The van der Waals surface area contributed by atoms with Gasteiger partial charge >= 0.3 is 0 Å². The van der Waals surface area contributed by atoms with Crippen LogP contribution in [0.15, 0.2) is 42.7 Å². The molecule has 32 heavy (non-hydrogen) atoms. The number of rotatable bonds is 4. The number of hydrogen-bond donors (Lipinski definition) is 2. The molecule has 166 valence electrons. The summed E-state index contributed by atoms with van der Waals surface area (Å²) in [5.74, 6) is 2.45. The Labute approximate surface area is 187 Å². The lowest BCUT2D eigenvalue weighted by molar-refractivity contribution is 0.122. The number of nitrogens with zero attached hydrogens (tertiary/aromatic N) is 6. The van der Waals surface area contributed by atoms with E-state index in [2.05, 4.69) is 43.0 Å². The van der Waals surface area contributed by atoms with Crippen LogP contribution in [0.1, 0.15) is 11.1 Å². The van der Waals surface area contributed by atoms with Gasteiger partial charge in [-0.1, -0.05) is 6.07 Å². The van der Waals surface area contributed by atoms with Crippen LogP contribution >= 0.6 is 0 Å². The van der Waals surface area contributed by atoms with E-state index in [0.717, 1.165) is 73.8 Å². The number of benzene rings is 1. The summed E-state index contributed by atoms with van der Waals surface area (Å²) in [4.78, 5) is 20.6. The smallest absolute Gasteiger partial charge is 0.229 e. The highest BCUT2D eigenvalue weighted by Crippen LogP contribution is 2.31. The van der Waals surface area contributed by atoms with Gasteiger partial charge in [0.05, 0.1) is 31.8 Å². The number of morpholine rings is 1. The highest BCUT2D eigenvalue weighted by Gasteiger charge is 2.24. The lowest BCUT2D eigenvalue weighted by Crippen LogP contribution is -2.41. The first kappa shape index (κ1) is 20.3. The quantitative estimate of drug-likeness (QED) is 0.603. The summed E-state index contributed by atoms with van der Waals surface area (Å²) in [5, 5.41) is 3.28. The molecule has 1 saturated heterocycles. The number of nitrogens with one attached hydrogen (secondary N) is 1. The Morgan fingerprint density at radius 1 is 1.03 bits per heavy atom. The minimum absolute atomic E-state index is 0.560. The summed E-state index contributed by atoms with van der Waals surface area (Å²) in [6.45, 7) is 6.79. The highest BCUT2D eigenvalue weighted by molar-refractivity contribution is 5.65. The van der Waals surface area contributed by atoms with Gasteiger partial charge in [0, 0.05) is 49.8 Å². The van der Waals surface area contributed by atoms with Gasteiger partial charge in [0.25, 0.3) is 0 Å². The molecule has 0 bridgehead atoms. The fourth-order valence-corrected chi connectivity index (χ4v) is 4.18. The average molecular weight is 433 g/mol. The van der Waals surface area contributed by atoms with E-state index in [1.807, 2.05) is 43.7 Å². The van der Waals surface area contributed by atoms with Crippen LogP contribution in [0.4, 0.5) is 34.6 Å². The molecule has 0 unspecified atom stereocenters. The van der Waals surface area contributed by atoms with Crippen molar-refractivity contribution in [1.29, 1.82) is 0 Å². The number of aryl methyl sites for hydroxylation is 1. The number of pyridine rings is 1. The molecule has 1 fully saturated rings. The third-order valence-electron chi connectivity index (χ3n) is 5.86. The molecule has 0 spiro atoms. The van der Waals surface area contributed by atoms with Crippen molar-refractivity contribution in [2.45, 2.75) is 13.5 Å². The van der Waals surface area contributed by atoms with Crippen LogP contribution in [0.2, 0.25) is 0 Å². The molecule has 0 amide bonds. The zero-order valence-electron chi connectivity index (χ0n) is 18.5. The van der Waals surface area contributed by atoms with Crippen molar-refractivity contribution >= 4 is 34.6 Å². The Morgan fingerprint density at radius 2 is 1.88 bits per heavy atom. The molecule has 9 heteroatoms. The predicted molar refractivity (Wildman–Crippen MR) is 128 cm³/mol. The number of anilines is 6. The van der Waals surface area contributed by atoms with Crippen molar-refractivity contribution in [3.8, 4) is 0 Å². The van der Waals surface area contributed by atoms with E-state index < -0.39 is 0 Å². The Hall–Kier alpha value is -3.59. The number of fused-ring (bicyclic) bond motifs is 1. The summed E-state index contributed by atoms with van der Waals surface area (Å²) in [7, 11) is 2.04. The maximum absolute atomic E-state index is 6.02. The SMILES string of the molecule is Cc1ccc(N)cc1N1Cc2cnc(Nc3ccc(N4CCOCC4)nc3)nc2N(C)C1. The van der Waals surface area contributed by atoms with Crippen LogP contribution in [0.3, 0.4) is 0 Å². The summed E-state index contributed by atoms with van der Waals surface area (Å²) in [5.41, 5.74) is 11.1. The third-order valence-corrected chi connectivity index (χ3v) is 5.86. The molecule has 0 aliphatic carbocycles. The van der Waals surface area contributed by atoms with Crippen molar-refractivity contribution in [2.24, 2.45) is 0 Å². The van der Waals surface area contributed by atoms with Crippen molar-refractivity contribution < 1.29 is 4.74 Å². The molecule has 0 radical (unpaired) electrons. The lowest BCUT2D eigenvalue weighted by Gasteiger charge is -2.37. The van der Waals surface area contributed by atoms with Crippen molar-refractivity contribution in [1.82, 2.24) is 15.0 Å². The topological polar surface area (TPSA) is 95.7 Å². The van der Waals surface area contributed by atoms with Crippen molar-refractivity contribution in [3.63, 3.8) is 0 Å². The zero-order chi connectivity index (χ0) is 22.1. The Kier molecular flexibility index (Phi) is 5.40. The Balaban J connectivity index is 1.31. The van der Waals surface area contributed by atoms with E-state index in [4.69, 9.17) is 15.5 Å². The minimum Gasteiger partial charge on any atom is -0.399 e. The fraction of sp³-hybridized carbons (Fsp3) is 0.348. The summed E-state index contributed by atoms with van der Waals surface area (Å²) < 4.78 is 5.41. The van der Waals surface area contributed by atoms with Crippen molar-refractivity contribution in [2.75, 3.05) is 65.8 Å². The van der Waals surface area contributed by atoms with Crippen LogP contribution in [0.5, 0.6) is 0 Å². The number of aromatic nitrogens is 3. The van der Waals surface area contributed by atoms with E-state index in [1.165, 1.54) is 5.56 Å². The van der Waals surface area contributed by atoms with Gasteiger partial charge in [-0.05, 0) is 36.8 Å². The lowest BCUT2D eigenvalue weighted by atomic mass is 10.1. The largest absolute Gasteiger partial charge is 0.399 e. The standard InChI is InChI=1S/C23H28N8O/c1-16-3-4-18(24)11-20(16)31-14-17-12-26-23(28-22(17)29(2)15-31)27-19-5-6-21(25-13-19)30-7-9-32-10-8-30/h3-6,11-13H,7-10,14-15,24H2,1-2H3,(H,26,27,28). The highest BCUT2D eigenvalue weighted by atomic mass is 16.5. The zero-order valence-corrected chi connectivity index (χ0v) is 18.5. The van der Waals surface area contributed by atoms with Gasteiger partial charge in [0.15, 0.2) is 0 Å².